The van der Waals surface area contributed by atoms with Crippen LogP contribution in [0.3, 0.4) is 0 Å². The molecular weight excluding hydrogens is 691 g/mol. The normalized spacial score (nSPS) is 11.9. The van der Waals surface area contributed by atoms with Crippen LogP contribution in [0.5, 0.6) is 0 Å². The number of hydrogen-bond donors (Lipinski definition) is 0. The third kappa shape index (κ3) is 4.86. The van der Waals surface area contributed by atoms with Gasteiger partial charge in [-0.15, -0.1) is 0 Å². The molecule has 57 heavy (non-hydrogen) atoms. The van der Waals surface area contributed by atoms with Crippen molar-refractivity contribution in [2.24, 2.45) is 0 Å². The fraction of sp³-hybridized carbons (Fsp3) is 0. The summed E-state index contributed by atoms with van der Waals surface area (Å²) in [5, 5.41) is 7.47. The Bertz CT molecular complexity index is 3400. The van der Waals surface area contributed by atoms with Crippen LogP contribution >= 0.6 is 0 Å². The molecule has 0 amide bonds. The Kier molecular flexibility index (Phi) is 6.93. The Hall–Kier alpha value is -7.62. The third-order valence-corrected chi connectivity index (χ3v) is 11.8. The summed E-state index contributed by atoms with van der Waals surface area (Å²) in [5.41, 5.74) is 15.4. The highest BCUT2D eigenvalue weighted by Gasteiger charge is 2.19. The Labute approximate surface area is 329 Å². The van der Waals surface area contributed by atoms with E-state index in [1.807, 2.05) is 0 Å². The van der Waals surface area contributed by atoms with Gasteiger partial charge in [0.25, 0.3) is 0 Å². The van der Waals surface area contributed by atoms with Gasteiger partial charge in [0.15, 0.2) is 0 Å². The summed E-state index contributed by atoms with van der Waals surface area (Å²) < 4.78 is 7.31. The second-order valence-electron chi connectivity index (χ2n) is 15.0. The molecule has 3 heterocycles. The van der Waals surface area contributed by atoms with Crippen molar-refractivity contribution >= 4 is 65.4 Å². The van der Waals surface area contributed by atoms with Crippen LogP contribution < -0.4 is 0 Å². The van der Waals surface area contributed by atoms with E-state index < -0.39 is 0 Å². The molecule has 266 valence electrons. The molecule has 0 radical (unpaired) electrons. The van der Waals surface area contributed by atoms with Crippen LogP contribution in [0.2, 0.25) is 0 Å². The molecular formula is C54H35N3. The number of rotatable bonds is 5. The van der Waals surface area contributed by atoms with Crippen LogP contribution in [0.25, 0.3) is 105 Å². The van der Waals surface area contributed by atoms with Gasteiger partial charge in [0.1, 0.15) is 0 Å². The Morgan fingerprint density at radius 2 is 0.561 bits per heavy atom. The molecule has 3 aromatic heterocycles. The molecule has 12 aromatic rings. The summed E-state index contributed by atoms with van der Waals surface area (Å²) in [6.45, 7) is 0. The Balaban J connectivity index is 1.10. The first-order valence-electron chi connectivity index (χ1n) is 19.6. The fourth-order valence-electron chi connectivity index (χ4n) is 9.29. The molecule has 3 heteroatoms. The topological polar surface area (TPSA) is 14.8 Å². The molecule has 0 aliphatic heterocycles. The van der Waals surface area contributed by atoms with Gasteiger partial charge < -0.3 is 13.7 Å². The van der Waals surface area contributed by atoms with E-state index in [1.54, 1.807) is 0 Å². The number of hydrogen-bond acceptors (Lipinski definition) is 0. The maximum atomic E-state index is 2.46. The number of para-hydroxylation sites is 4. The quantitative estimate of drug-likeness (QED) is 0.168. The number of benzene rings is 9. The number of nitrogens with zero attached hydrogens (tertiary/aromatic N) is 3. The molecule has 0 bridgehead atoms. The first kappa shape index (κ1) is 31.7. The van der Waals surface area contributed by atoms with Crippen LogP contribution in [-0.2, 0) is 0 Å². The van der Waals surface area contributed by atoms with Crippen molar-refractivity contribution in [3.8, 4) is 39.3 Å². The van der Waals surface area contributed by atoms with E-state index in [9.17, 15) is 0 Å². The highest BCUT2D eigenvalue weighted by molar-refractivity contribution is 6.13. The third-order valence-electron chi connectivity index (χ3n) is 11.8. The maximum absolute atomic E-state index is 2.46. The van der Waals surface area contributed by atoms with Crippen LogP contribution in [0.1, 0.15) is 0 Å². The van der Waals surface area contributed by atoms with E-state index in [0.29, 0.717) is 0 Å². The van der Waals surface area contributed by atoms with E-state index in [1.165, 1.54) is 87.7 Å². The monoisotopic (exact) mass is 725 g/mol. The maximum Gasteiger partial charge on any atom is 0.0561 e. The summed E-state index contributed by atoms with van der Waals surface area (Å²) in [7, 11) is 0. The average Bonchev–Trinajstić information content (AvgIpc) is 3.92. The smallest absolute Gasteiger partial charge is 0.0561 e. The molecule has 0 N–H and O–H groups in total. The van der Waals surface area contributed by atoms with E-state index in [0.717, 1.165) is 17.1 Å². The Morgan fingerprint density at radius 1 is 0.193 bits per heavy atom. The molecule has 0 unspecified atom stereocenters. The molecule has 3 nitrogen and oxygen atoms in total. The van der Waals surface area contributed by atoms with E-state index >= 15 is 0 Å². The molecule has 0 fully saturated rings. The predicted molar refractivity (Wildman–Crippen MR) is 240 cm³/mol. The number of aromatic nitrogens is 3. The van der Waals surface area contributed by atoms with Gasteiger partial charge in [0.2, 0.25) is 0 Å². The number of fused-ring (bicyclic) bond motifs is 9. The van der Waals surface area contributed by atoms with Gasteiger partial charge in [0, 0.05) is 49.4 Å². The molecule has 0 saturated carbocycles. The van der Waals surface area contributed by atoms with Crippen LogP contribution in [0.4, 0.5) is 0 Å². The highest BCUT2D eigenvalue weighted by atomic mass is 15.0. The minimum atomic E-state index is 1.13. The summed E-state index contributed by atoms with van der Waals surface area (Å²) >= 11 is 0. The second kappa shape index (κ2) is 12.5. The minimum absolute atomic E-state index is 1.13. The largest absolute Gasteiger partial charge is 0.309 e. The zero-order chi connectivity index (χ0) is 37.5. The van der Waals surface area contributed by atoms with Gasteiger partial charge in [-0.1, -0.05) is 140 Å². The highest BCUT2D eigenvalue weighted by Crippen LogP contribution is 2.40. The van der Waals surface area contributed by atoms with E-state index in [2.05, 4.69) is 226 Å². The van der Waals surface area contributed by atoms with Gasteiger partial charge in [-0.3, -0.25) is 0 Å². The SMILES string of the molecule is c1ccc(-c2cc(-c3ccccc3)cc(-n3c4ccccc4c4ccc(-n5c6ccccc6c6cc(-n7c8ccccc8c8ccccc87)ccc65)cc43)c2)cc1. The minimum Gasteiger partial charge on any atom is -0.309 e. The zero-order valence-corrected chi connectivity index (χ0v) is 31.0. The van der Waals surface area contributed by atoms with Crippen molar-refractivity contribution in [3.05, 3.63) is 212 Å². The summed E-state index contributed by atoms with van der Waals surface area (Å²) in [4.78, 5) is 0. The Morgan fingerprint density at radius 3 is 1.07 bits per heavy atom. The first-order valence-corrected chi connectivity index (χ1v) is 19.6. The predicted octanol–water partition coefficient (Wildman–Crippen LogP) is 14.3. The molecule has 0 saturated heterocycles. The molecule has 0 aliphatic carbocycles. The molecule has 9 aromatic carbocycles. The molecule has 0 spiro atoms. The lowest BCUT2D eigenvalue weighted by molar-refractivity contribution is 1.15. The summed E-state index contributed by atoms with van der Waals surface area (Å²) in [6.07, 6.45) is 0. The van der Waals surface area contributed by atoms with Crippen molar-refractivity contribution in [2.45, 2.75) is 0 Å². The lowest BCUT2D eigenvalue weighted by Crippen LogP contribution is -1.98. The fourth-order valence-corrected chi connectivity index (χ4v) is 9.29. The zero-order valence-electron chi connectivity index (χ0n) is 31.0. The molecule has 12 rings (SSSR count). The van der Waals surface area contributed by atoms with Crippen molar-refractivity contribution < 1.29 is 0 Å². The van der Waals surface area contributed by atoms with E-state index in [-0.39, 0.29) is 0 Å². The molecule has 0 atom stereocenters. The lowest BCUT2D eigenvalue weighted by atomic mass is 9.98. The summed E-state index contributed by atoms with van der Waals surface area (Å²) in [6, 6.07) is 77.5. The second-order valence-corrected chi connectivity index (χ2v) is 15.0. The van der Waals surface area contributed by atoms with Crippen LogP contribution in [-0.4, -0.2) is 13.7 Å². The van der Waals surface area contributed by atoms with Crippen molar-refractivity contribution in [1.82, 2.24) is 13.7 Å². The van der Waals surface area contributed by atoms with Gasteiger partial charge in [-0.05, 0) is 95.1 Å². The van der Waals surface area contributed by atoms with Gasteiger partial charge >= 0.3 is 0 Å². The van der Waals surface area contributed by atoms with Crippen molar-refractivity contribution in [2.75, 3.05) is 0 Å². The molecule has 0 aliphatic rings. The van der Waals surface area contributed by atoms with Crippen LogP contribution in [0.15, 0.2) is 212 Å². The van der Waals surface area contributed by atoms with Gasteiger partial charge in [0.05, 0.1) is 33.1 Å². The average molecular weight is 726 g/mol. The standard InChI is InChI=1S/C54H35N3/c1-3-15-36(16-4-1)38-31-39(37-17-5-2-6-18-37)33-42(32-38)57-51-25-13-9-21-45(51)47-29-27-41(35-54(47)57)56-52-26-14-10-22-46(52)48-34-40(28-30-53(48)56)55-49-23-11-7-19-43(49)44-20-8-12-24-50(44)55/h1-35H. The lowest BCUT2D eigenvalue weighted by Gasteiger charge is -2.15. The van der Waals surface area contributed by atoms with Gasteiger partial charge in [-0.25, -0.2) is 0 Å². The van der Waals surface area contributed by atoms with Crippen molar-refractivity contribution in [3.63, 3.8) is 0 Å². The van der Waals surface area contributed by atoms with E-state index in [4.69, 9.17) is 0 Å². The van der Waals surface area contributed by atoms with Crippen molar-refractivity contribution in [1.29, 1.82) is 0 Å². The summed E-state index contributed by atoms with van der Waals surface area (Å²) in [5.74, 6) is 0. The van der Waals surface area contributed by atoms with Crippen LogP contribution in [0, 0.1) is 0 Å². The van der Waals surface area contributed by atoms with Gasteiger partial charge in [-0.2, -0.15) is 0 Å². The first-order chi connectivity index (χ1) is 28.3.